The molecule has 0 amide bonds. The van der Waals surface area contributed by atoms with Crippen LogP contribution in [0.4, 0.5) is 0 Å². The van der Waals surface area contributed by atoms with Crippen LogP contribution in [0.15, 0.2) is 49.2 Å². The summed E-state index contributed by atoms with van der Waals surface area (Å²) in [6.07, 6.45) is 5.98. The van der Waals surface area contributed by atoms with E-state index in [-0.39, 0.29) is 0 Å². The highest BCUT2D eigenvalue weighted by Gasteiger charge is 2.27. The summed E-state index contributed by atoms with van der Waals surface area (Å²) in [6, 6.07) is 9.08. The number of hydrogen-bond acceptors (Lipinski definition) is 6. The van der Waals surface area contributed by atoms with Gasteiger partial charge in [0.2, 0.25) is 0 Å². The number of H-pyrrole nitrogens is 3. The van der Waals surface area contributed by atoms with Gasteiger partial charge in [0.1, 0.15) is 6.04 Å². The molecule has 0 saturated carbocycles. The van der Waals surface area contributed by atoms with E-state index in [4.69, 9.17) is 12.2 Å². The molecule has 4 rings (SSSR count). The highest BCUT2D eigenvalue weighted by atomic mass is 32.1. The molecule has 0 saturated heterocycles. The number of aromatic amines is 3. The molecule has 4 aromatic rings. The Morgan fingerprint density at radius 3 is 2.70 bits per heavy atom. The lowest BCUT2D eigenvalue weighted by molar-refractivity contribution is -0.144. The fourth-order valence-corrected chi connectivity index (χ4v) is 4.07. The lowest BCUT2D eigenvalue weighted by atomic mass is 10.1. The largest absolute Gasteiger partial charge is 0.480 e. The van der Waals surface area contributed by atoms with Gasteiger partial charge in [-0.3, -0.25) is 14.8 Å². The fraction of sp³-hybridized carbons (Fsp3) is 0.318. The number of hydrogen-bond donors (Lipinski definition) is 4. The highest BCUT2D eigenvalue weighted by molar-refractivity contribution is 7.71. The normalized spacial score (nSPS) is 12.3. The Bertz CT molecular complexity index is 1230. The number of carboxylic acids is 1. The van der Waals surface area contributed by atoms with Gasteiger partial charge >= 0.3 is 5.97 Å². The van der Waals surface area contributed by atoms with Crippen LogP contribution in [-0.4, -0.2) is 56.7 Å². The second-order valence-corrected chi connectivity index (χ2v) is 8.21. The van der Waals surface area contributed by atoms with Crippen LogP contribution in [0.3, 0.4) is 0 Å². The van der Waals surface area contributed by atoms with E-state index in [1.54, 1.807) is 18.9 Å². The maximum absolute atomic E-state index is 12.3. The summed E-state index contributed by atoms with van der Waals surface area (Å²) in [5.41, 5.74) is 3.54. The molecule has 33 heavy (non-hydrogen) atoms. The van der Waals surface area contributed by atoms with Crippen molar-refractivity contribution < 1.29 is 9.90 Å². The summed E-state index contributed by atoms with van der Waals surface area (Å²) in [5, 5.41) is 17.3. The predicted molar refractivity (Wildman–Crippen MR) is 125 cm³/mol. The van der Waals surface area contributed by atoms with Crippen LogP contribution in [0.2, 0.25) is 0 Å². The quantitative estimate of drug-likeness (QED) is 0.249. The van der Waals surface area contributed by atoms with E-state index in [0.717, 1.165) is 28.5 Å². The Kier molecular flexibility index (Phi) is 7.10. The van der Waals surface area contributed by atoms with Gasteiger partial charge in [-0.15, -0.1) is 0 Å². The summed E-state index contributed by atoms with van der Waals surface area (Å²) in [7, 11) is 0. The molecule has 3 heterocycles. The number of nitrogens with one attached hydrogen (secondary N) is 3. The molecule has 1 aromatic carbocycles. The average molecular weight is 467 g/mol. The first-order valence-corrected chi connectivity index (χ1v) is 11.1. The van der Waals surface area contributed by atoms with Crippen molar-refractivity contribution >= 4 is 18.2 Å². The van der Waals surface area contributed by atoms with E-state index >= 15 is 0 Å². The first kappa shape index (κ1) is 22.6. The standard InChI is InChI=1S/C22H26N8O2S/c1-15-18(26-14-24-15)12-29(11-17-10-23-13-25-17)19(21(31)32)8-5-9-30-20(27-28-22(30)33)16-6-3-2-4-7-16/h2-4,6-7,10,13-14,19H,5,8-9,11-12H2,1H3,(H,23,25)(H,24,26)(H,28,33)(H,31,32)/t19-/m0/s1. The van der Waals surface area contributed by atoms with Crippen molar-refractivity contribution in [3.05, 3.63) is 71.0 Å². The van der Waals surface area contributed by atoms with E-state index in [0.29, 0.717) is 37.2 Å². The lowest BCUT2D eigenvalue weighted by Gasteiger charge is -2.28. The molecule has 172 valence electrons. The molecular weight excluding hydrogens is 440 g/mol. The summed E-state index contributed by atoms with van der Waals surface area (Å²) >= 11 is 5.42. The van der Waals surface area contributed by atoms with Crippen LogP contribution < -0.4 is 0 Å². The third kappa shape index (κ3) is 5.44. The molecule has 0 aliphatic heterocycles. The Balaban J connectivity index is 1.50. The fourth-order valence-electron chi connectivity index (χ4n) is 3.84. The van der Waals surface area contributed by atoms with Gasteiger partial charge in [-0.25, -0.2) is 9.97 Å². The van der Waals surface area contributed by atoms with Crippen molar-refractivity contribution in [1.29, 1.82) is 0 Å². The summed E-state index contributed by atoms with van der Waals surface area (Å²) in [6.45, 7) is 3.32. The molecule has 3 aromatic heterocycles. The van der Waals surface area contributed by atoms with Gasteiger partial charge in [-0.2, -0.15) is 5.10 Å². The smallest absolute Gasteiger partial charge is 0.320 e. The van der Waals surface area contributed by atoms with Gasteiger partial charge in [0.15, 0.2) is 10.6 Å². The average Bonchev–Trinajstić information content (AvgIpc) is 3.54. The molecule has 10 nitrogen and oxygen atoms in total. The predicted octanol–water partition coefficient (Wildman–Crippen LogP) is 3.30. The molecule has 0 aliphatic carbocycles. The van der Waals surface area contributed by atoms with E-state index in [1.807, 2.05) is 46.7 Å². The molecule has 0 aliphatic rings. The second-order valence-electron chi connectivity index (χ2n) is 7.82. The van der Waals surface area contributed by atoms with Crippen molar-refractivity contribution in [3.63, 3.8) is 0 Å². The second kappa shape index (κ2) is 10.4. The third-order valence-corrected chi connectivity index (χ3v) is 5.90. The van der Waals surface area contributed by atoms with Crippen LogP contribution in [0.5, 0.6) is 0 Å². The maximum Gasteiger partial charge on any atom is 0.320 e. The molecule has 1 atom stereocenters. The van der Waals surface area contributed by atoms with E-state index in [9.17, 15) is 9.90 Å². The molecule has 0 bridgehead atoms. The molecule has 0 fully saturated rings. The third-order valence-electron chi connectivity index (χ3n) is 5.59. The van der Waals surface area contributed by atoms with Crippen LogP contribution >= 0.6 is 12.2 Å². The van der Waals surface area contributed by atoms with Crippen LogP contribution in [-0.2, 0) is 24.4 Å². The Labute approximate surface area is 195 Å². The Hall–Kier alpha value is -3.57. The van der Waals surface area contributed by atoms with Crippen LogP contribution in [0.1, 0.15) is 29.9 Å². The minimum absolute atomic E-state index is 0.408. The van der Waals surface area contributed by atoms with Crippen molar-refractivity contribution in [2.24, 2.45) is 0 Å². The van der Waals surface area contributed by atoms with Crippen molar-refractivity contribution in [1.82, 2.24) is 39.6 Å². The first-order chi connectivity index (χ1) is 16.0. The molecular formula is C22H26N8O2S. The number of aryl methyl sites for hydroxylation is 1. The number of rotatable bonds is 11. The summed E-state index contributed by atoms with van der Waals surface area (Å²) in [4.78, 5) is 28.7. The number of carbonyl (C=O) groups is 1. The maximum atomic E-state index is 12.3. The van der Waals surface area contributed by atoms with Crippen LogP contribution in [0.25, 0.3) is 11.4 Å². The van der Waals surface area contributed by atoms with E-state index in [1.165, 1.54) is 0 Å². The van der Waals surface area contributed by atoms with E-state index < -0.39 is 12.0 Å². The van der Waals surface area contributed by atoms with Gasteiger partial charge in [-0.05, 0) is 32.0 Å². The lowest BCUT2D eigenvalue weighted by Crippen LogP contribution is -2.40. The summed E-state index contributed by atoms with van der Waals surface area (Å²) < 4.78 is 2.43. The molecule has 11 heteroatoms. The van der Waals surface area contributed by atoms with Crippen molar-refractivity contribution in [2.45, 2.75) is 45.4 Å². The van der Waals surface area contributed by atoms with Gasteiger partial charge in [0.25, 0.3) is 0 Å². The monoisotopic (exact) mass is 466 g/mol. The van der Waals surface area contributed by atoms with Crippen molar-refractivity contribution in [2.75, 3.05) is 0 Å². The van der Waals surface area contributed by atoms with Gasteiger partial charge in [0.05, 0.1) is 18.3 Å². The molecule has 0 unspecified atom stereocenters. The van der Waals surface area contributed by atoms with Crippen LogP contribution in [0, 0.1) is 11.7 Å². The minimum Gasteiger partial charge on any atom is -0.480 e. The Morgan fingerprint density at radius 1 is 1.21 bits per heavy atom. The van der Waals surface area contributed by atoms with E-state index in [2.05, 4.69) is 30.1 Å². The number of aromatic nitrogens is 7. The number of aliphatic carboxylic acids is 1. The molecule has 0 spiro atoms. The zero-order chi connectivity index (χ0) is 23.2. The zero-order valence-corrected chi connectivity index (χ0v) is 19.0. The zero-order valence-electron chi connectivity index (χ0n) is 18.2. The van der Waals surface area contributed by atoms with Crippen molar-refractivity contribution in [3.8, 4) is 11.4 Å². The minimum atomic E-state index is -0.873. The van der Waals surface area contributed by atoms with Gasteiger partial charge in [0, 0.05) is 42.8 Å². The SMILES string of the molecule is Cc1[nH]cnc1CN(Cc1cnc[nH]1)[C@@H](CCCn1c(-c2ccccc2)n[nH]c1=S)C(=O)O. The molecule has 4 N–H and O–H groups in total. The topological polar surface area (TPSA) is 132 Å². The number of imidazole rings is 2. The molecule has 0 radical (unpaired) electrons. The first-order valence-electron chi connectivity index (χ1n) is 10.7. The van der Waals surface area contributed by atoms with Gasteiger partial charge < -0.3 is 19.6 Å². The highest BCUT2D eigenvalue weighted by Crippen LogP contribution is 2.20. The van der Waals surface area contributed by atoms with Gasteiger partial charge in [-0.1, -0.05) is 30.3 Å². The number of carboxylic acid groups (broad SMARTS) is 1. The number of benzene rings is 1. The Morgan fingerprint density at radius 2 is 2.03 bits per heavy atom. The summed E-state index contributed by atoms with van der Waals surface area (Å²) in [5.74, 6) is -0.129. The number of nitrogens with zero attached hydrogens (tertiary/aromatic N) is 5.